The van der Waals surface area contributed by atoms with Crippen molar-refractivity contribution in [2.24, 2.45) is 0 Å². The summed E-state index contributed by atoms with van der Waals surface area (Å²) >= 11 is 18.0. The number of imide groups is 1. The van der Waals surface area contributed by atoms with Crippen molar-refractivity contribution in [1.29, 1.82) is 0 Å². The molecule has 3 rings (SSSR count). The molecule has 2 amide bonds. The number of amides is 2. The third-order valence-electron chi connectivity index (χ3n) is 3.23. The summed E-state index contributed by atoms with van der Waals surface area (Å²) in [4.78, 5) is 25.8. The Kier molecular flexibility index (Phi) is 4.31. The Labute approximate surface area is 147 Å². The van der Waals surface area contributed by atoms with Crippen LogP contribution in [0.25, 0.3) is 0 Å². The minimum Gasteiger partial charge on any atom is -0.348 e. The number of carbonyl (C=O) groups excluding carboxylic acids is 2. The van der Waals surface area contributed by atoms with Gasteiger partial charge in [-0.3, -0.25) is 9.59 Å². The highest BCUT2D eigenvalue weighted by Crippen LogP contribution is 2.32. The zero-order valence-corrected chi connectivity index (χ0v) is 13.8. The van der Waals surface area contributed by atoms with Crippen LogP contribution in [-0.4, -0.2) is 11.8 Å². The molecule has 0 spiro atoms. The lowest BCUT2D eigenvalue weighted by molar-refractivity contribution is -0.120. The summed E-state index contributed by atoms with van der Waals surface area (Å²) in [5.41, 5.74) is 0.808. The second-order valence-electron chi connectivity index (χ2n) is 4.72. The SMILES string of the molecule is O=C1C(Cl)=C(Nc2ccccc2Cl)C(=O)N1c1cccc(Cl)c1. The topological polar surface area (TPSA) is 49.4 Å². The van der Waals surface area contributed by atoms with Crippen molar-refractivity contribution in [3.8, 4) is 0 Å². The number of nitrogens with zero attached hydrogens (tertiary/aromatic N) is 1. The number of para-hydroxylation sites is 1. The van der Waals surface area contributed by atoms with Crippen LogP contribution in [0.2, 0.25) is 10.0 Å². The predicted molar refractivity (Wildman–Crippen MR) is 91.9 cm³/mol. The van der Waals surface area contributed by atoms with Crippen molar-refractivity contribution in [3.05, 3.63) is 69.3 Å². The van der Waals surface area contributed by atoms with Gasteiger partial charge in [0.2, 0.25) is 0 Å². The van der Waals surface area contributed by atoms with Gasteiger partial charge in [-0.15, -0.1) is 0 Å². The number of hydrogen-bond donors (Lipinski definition) is 1. The van der Waals surface area contributed by atoms with Crippen molar-refractivity contribution < 1.29 is 9.59 Å². The number of carbonyl (C=O) groups is 2. The predicted octanol–water partition coefficient (Wildman–Crippen LogP) is 4.43. The fourth-order valence-electron chi connectivity index (χ4n) is 2.16. The van der Waals surface area contributed by atoms with Crippen molar-refractivity contribution >= 4 is 58.0 Å². The lowest BCUT2D eigenvalue weighted by atomic mass is 10.3. The number of rotatable bonds is 3. The molecule has 0 bridgehead atoms. The van der Waals surface area contributed by atoms with Crippen LogP contribution in [-0.2, 0) is 9.59 Å². The van der Waals surface area contributed by atoms with Crippen molar-refractivity contribution in [2.45, 2.75) is 0 Å². The van der Waals surface area contributed by atoms with E-state index in [4.69, 9.17) is 34.8 Å². The zero-order valence-electron chi connectivity index (χ0n) is 11.5. The van der Waals surface area contributed by atoms with Crippen molar-refractivity contribution in [3.63, 3.8) is 0 Å². The number of nitrogens with one attached hydrogen (secondary N) is 1. The van der Waals surface area contributed by atoms with E-state index >= 15 is 0 Å². The molecular formula is C16H9Cl3N2O2. The van der Waals surface area contributed by atoms with Crippen LogP contribution >= 0.6 is 34.8 Å². The van der Waals surface area contributed by atoms with Crippen LogP contribution in [0, 0.1) is 0 Å². The van der Waals surface area contributed by atoms with Gasteiger partial charge in [0.1, 0.15) is 10.7 Å². The monoisotopic (exact) mass is 366 g/mol. The Morgan fingerprint density at radius 1 is 0.870 bits per heavy atom. The Balaban J connectivity index is 1.95. The molecule has 1 heterocycles. The molecule has 1 N–H and O–H groups in total. The van der Waals surface area contributed by atoms with Crippen LogP contribution in [0.3, 0.4) is 0 Å². The van der Waals surface area contributed by atoms with E-state index in [0.717, 1.165) is 4.90 Å². The van der Waals surface area contributed by atoms with Crippen LogP contribution in [0.15, 0.2) is 59.3 Å². The highest BCUT2D eigenvalue weighted by Gasteiger charge is 2.39. The largest absolute Gasteiger partial charge is 0.348 e. The van der Waals surface area contributed by atoms with Gasteiger partial charge in [-0.1, -0.05) is 53.0 Å². The number of halogens is 3. The van der Waals surface area contributed by atoms with E-state index in [0.29, 0.717) is 21.4 Å². The van der Waals surface area contributed by atoms with E-state index in [-0.39, 0.29) is 10.7 Å². The summed E-state index contributed by atoms with van der Waals surface area (Å²) < 4.78 is 0. The number of benzene rings is 2. The molecule has 7 heteroatoms. The third kappa shape index (κ3) is 2.93. The average Bonchev–Trinajstić information content (AvgIpc) is 2.73. The molecular weight excluding hydrogens is 359 g/mol. The summed E-state index contributed by atoms with van der Waals surface area (Å²) in [6.07, 6.45) is 0. The summed E-state index contributed by atoms with van der Waals surface area (Å²) in [7, 11) is 0. The fourth-order valence-corrected chi connectivity index (χ4v) is 2.74. The highest BCUT2D eigenvalue weighted by molar-refractivity contribution is 6.53. The van der Waals surface area contributed by atoms with Gasteiger partial charge in [-0.25, -0.2) is 4.90 Å². The molecule has 23 heavy (non-hydrogen) atoms. The first-order chi connectivity index (χ1) is 11.0. The Morgan fingerprint density at radius 2 is 1.61 bits per heavy atom. The molecule has 0 radical (unpaired) electrons. The Morgan fingerprint density at radius 3 is 2.30 bits per heavy atom. The van der Waals surface area contributed by atoms with Gasteiger partial charge in [0.25, 0.3) is 11.8 Å². The third-order valence-corrected chi connectivity index (χ3v) is 4.14. The molecule has 0 saturated carbocycles. The molecule has 116 valence electrons. The van der Waals surface area contributed by atoms with E-state index in [1.807, 2.05) is 0 Å². The lowest BCUT2D eigenvalue weighted by Gasteiger charge is -2.15. The molecule has 1 aliphatic rings. The van der Waals surface area contributed by atoms with Crippen LogP contribution in [0.1, 0.15) is 0 Å². The standard InChI is InChI=1S/C16H9Cl3N2O2/c17-9-4-3-5-10(8-9)21-15(22)13(19)14(16(21)23)20-12-7-2-1-6-11(12)18/h1-8,20H. The highest BCUT2D eigenvalue weighted by atomic mass is 35.5. The summed E-state index contributed by atoms with van der Waals surface area (Å²) in [5, 5.41) is 3.44. The molecule has 2 aromatic carbocycles. The van der Waals surface area contributed by atoms with Gasteiger partial charge < -0.3 is 5.32 Å². The van der Waals surface area contributed by atoms with Gasteiger partial charge in [0, 0.05) is 5.02 Å². The van der Waals surface area contributed by atoms with Crippen molar-refractivity contribution in [1.82, 2.24) is 0 Å². The molecule has 0 saturated heterocycles. The van der Waals surface area contributed by atoms with Gasteiger partial charge in [0.05, 0.1) is 16.4 Å². The molecule has 1 aliphatic heterocycles. The zero-order chi connectivity index (χ0) is 16.6. The van der Waals surface area contributed by atoms with Gasteiger partial charge in [-0.2, -0.15) is 0 Å². The summed E-state index contributed by atoms with van der Waals surface area (Å²) in [6, 6.07) is 13.2. The number of anilines is 2. The van der Waals surface area contributed by atoms with Gasteiger partial charge in [0.15, 0.2) is 0 Å². The fraction of sp³-hybridized carbons (Fsp3) is 0. The molecule has 2 aromatic rings. The Bertz CT molecular complexity index is 849. The second kappa shape index (κ2) is 6.24. The molecule has 0 aliphatic carbocycles. The second-order valence-corrected chi connectivity index (χ2v) is 5.94. The molecule has 0 unspecified atom stereocenters. The average molecular weight is 368 g/mol. The maximum absolute atomic E-state index is 12.6. The van der Waals surface area contributed by atoms with Crippen molar-refractivity contribution in [2.75, 3.05) is 10.2 Å². The maximum atomic E-state index is 12.6. The molecule has 4 nitrogen and oxygen atoms in total. The molecule has 0 fully saturated rings. The maximum Gasteiger partial charge on any atom is 0.283 e. The van der Waals surface area contributed by atoms with E-state index in [9.17, 15) is 9.59 Å². The Hall–Kier alpha value is -2.01. The molecule has 0 aromatic heterocycles. The quantitative estimate of drug-likeness (QED) is 0.817. The lowest BCUT2D eigenvalue weighted by Crippen LogP contribution is -2.32. The van der Waals surface area contributed by atoms with Crippen LogP contribution in [0.5, 0.6) is 0 Å². The van der Waals surface area contributed by atoms with Crippen LogP contribution in [0.4, 0.5) is 11.4 Å². The van der Waals surface area contributed by atoms with Gasteiger partial charge in [-0.05, 0) is 30.3 Å². The normalized spacial score (nSPS) is 14.7. The van der Waals surface area contributed by atoms with E-state index in [2.05, 4.69) is 5.32 Å². The first kappa shape index (κ1) is 15.9. The minimum absolute atomic E-state index is 0.0234. The number of hydrogen-bond acceptors (Lipinski definition) is 3. The van der Waals surface area contributed by atoms with E-state index in [1.165, 1.54) is 6.07 Å². The smallest absolute Gasteiger partial charge is 0.283 e. The molecule has 0 atom stereocenters. The first-order valence-electron chi connectivity index (χ1n) is 6.54. The van der Waals surface area contributed by atoms with E-state index < -0.39 is 11.8 Å². The first-order valence-corrected chi connectivity index (χ1v) is 7.68. The van der Waals surface area contributed by atoms with Gasteiger partial charge >= 0.3 is 0 Å². The summed E-state index contributed by atoms with van der Waals surface area (Å²) in [5.74, 6) is -1.18. The summed E-state index contributed by atoms with van der Waals surface area (Å²) in [6.45, 7) is 0. The van der Waals surface area contributed by atoms with E-state index in [1.54, 1.807) is 42.5 Å². The minimum atomic E-state index is -0.617. The van der Waals surface area contributed by atoms with Crippen LogP contribution < -0.4 is 10.2 Å².